The third-order valence-corrected chi connectivity index (χ3v) is 4.55. The molecule has 0 spiro atoms. The molecule has 3 aromatic rings. The molecule has 134 valence electrons. The lowest BCUT2D eigenvalue weighted by Gasteiger charge is -2.09. The van der Waals surface area contributed by atoms with Crippen LogP contribution in [0.5, 0.6) is 0 Å². The minimum Gasteiger partial charge on any atom is -0.356 e. The first-order chi connectivity index (χ1) is 12.5. The van der Waals surface area contributed by atoms with Crippen LogP contribution in [0.15, 0.2) is 47.3 Å². The minimum atomic E-state index is -0.238. The Bertz CT molecular complexity index is 992. The summed E-state index contributed by atoms with van der Waals surface area (Å²) in [4.78, 5) is 24.0. The van der Waals surface area contributed by atoms with Crippen LogP contribution in [0.4, 0.5) is 0 Å². The third-order valence-electron chi connectivity index (χ3n) is 4.55. The maximum atomic E-state index is 12.2. The maximum absolute atomic E-state index is 12.2. The van der Waals surface area contributed by atoms with Gasteiger partial charge in [0, 0.05) is 11.9 Å². The van der Waals surface area contributed by atoms with Crippen LogP contribution in [0, 0.1) is 13.8 Å². The van der Waals surface area contributed by atoms with Gasteiger partial charge in [0.2, 0.25) is 5.91 Å². The van der Waals surface area contributed by atoms with E-state index < -0.39 is 0 Å². The number of hydrogen-bond donors (Lipinski definition) is 2. The summed E-state index contributed by atoms with van der Waals surface area (Å²) < 4.78 is 0. The molecular formula is C21H23N3O2. The number of carbonyl (C=O) groups excluding carboxylic acids is 1. The van der Waals surface area contributed by atoms with Crippen molar-refractivity contribution in [1.29, 1.82) is 0 Å². The Kier molecular flexibility index (Phi) is 5.46. The van der Waals surface area contributed by atoms with Crippen molar-refractivity contribution in [2.24, 2.45) is 0 Å². The Morgan fingerprint density at radius 3 is 2.65 bits per heavy atom. The Morgan fingerprint density at radius 1 is 1.12 bits per heavy atom. The van der Waals surface area contributed by atoms with E-state index in [0.29, 0.717) is 17.6 Å². The van der Waals surface area contributed by atoms with E-state index in [9.17, 15) is 9.59 Å². The van der Waals surface area contributed by atoms with Crippen molar-refractivity contribution in [3.8, 4) is 0 Å². The molecule has 1 amide bonds. The smallest absolute Gasteiger partial charge is 0.272 e. The molecule has 1 heterocycles. The number of H-pyrrole nitrogens is 1. The number of carbonyl (C=O) groups is 1. The van der Waals surface area contributed by atoms with Gasteiger partial charge in [0.05, 0.1) is 17.5 Å². The van der Waals surface area contributed by atoms with E-state index in [1.807, 2.05) is 12.1 Å². The van der Waals surface area contributed by atoms with Gasteiger partial charge in [-0.1, -0.05) is 42.0 Å². The summed E-state index contributed by atoms with van der Waals surface area (Å²) in [6.45, 7) is 4.83. The van der Waals surface area contributed by atoms with Crippen LogP contribution in [0.2, 0.25) is 0 Å². The summed E-state index contributed by atoms with van der Waals surface area (Å²) in [6, 6.07) is 13.7. The quantitative estimate of drug-likeness (QED) is 0.672. The molecule has 0 aliphatic carbocycles. The molecule has 0 unspecified atom stereocenters. The van der Waals surface area contributed by atoms with E-state index in [2.05, 4.69) is 47.6 Å². The van der Waals surface area contributed by atoms with Gasteiger partial charge in [-0.15, -0.1) is 0 Å². The van der Waals surface area contributed by atoms with Crippen molar-refractivity contribution in [1.82, 2.24) is 15.5 Å². The number of fused-ring (bicyclic) bond motifs is 1. The van der Waals surface area contributed by atoms with Crippen molar-refractivity contribution in [3.05, 3.63) is 75.2 Å². The molecule has 26 heavy (non-hydrogen) atoms. The number of aromatic amines is 1. The molecule has 3 rings (SSSR count). The number of amides is 1. The summed E-state index contributed by atoms with van der Waals surface area (Å²) in [5.74, 6) is -0.0877. The molecule has 5 heteroatoms. The maximum Gasteiger partial charge on any atom is 0.272 e. The van der Waals surface area contributed by atoms with Crippen LogP contribution in [0.3, 0.4) is 0 Å². The first-order valence-corrected chi connectivity index (χ1v) is 8.84. The predicted molar refractivity (Wildman–Crippen MR) is 103 cm³/mol. The molecule has 0 radical (unpaired) electrons. The third kappa shape index (κ3) is 4.17. The first-order valence-electron chi connectivity index (χ1n) is 8.84. The van der Waals surface area contributed by atoms with Crippen LogP contribution >= 0.6 is 0 Å². The number of aromatic nitrogens is 2. The molecule has 0 aliphatic rings. The fourth-order valence-corrected chi connectivity index (χ4v) is 3.15. The van der Waals surface area contributed by atoms with Crippen molar-refractivity contribution < 1.29 is 4.79 Å². The van der Waals surface area contributed by atoms with E-state index in [0.717, 1.165) is 18.2 Å². The second kappa shape index (κ2) is 7.95. The van der Waals surface area contributed by atoms with Crippen LogP contribution < -0.4 is 10.9 Å². The summed E-state index contributed by atoms with van der Waals surface area (Å²) in [5.41, 5.74) is 4.23. The van der Waals surface area contributed by atoms with Crippen molar-refractivity contribution >= 4 is 16.7 Å². The van der Waals surface area contributed by atoms with Gasteiger partial charge in [0.25, 0.3) is 5.56 Å². The van der Waals surface area contributed by atoms with Gasteiger partial charge < -0.3 is 5.32 Å². The molecular weight excluding hydrogens is 326 g/mol. The molecule has 0 fully saturated rings. The summed E-state index contributed by atoms with van der Waals surface area (Å²) in [6.07, 6.45) is 1.97. The molecule has 0 aliphatic heterocycles. The highest BCUT2D eigenvalue weighted by Crippen LogP contribution is 2.13. The SMILES string of the molecule is Cc1ccc(CCCNC(=O)Cc2n[nH]c(=O)c3ccccc23)c(C)c1. The average Bonchev–Trinajstić information content (AvgIpc) is 2.63. The number of aryl methyl sites for hydroxylation is 3. The average molecular weight is 349 g/mol. The highest BCUT2D eigenvalue weighted by molar-refractivity contribution is 5.88. The number of nitrogens with zero attached hydrogens (tertiary/aromatic N) is 1. The fourth-order valence-electron chi connectivity index (χ4n) is 3.15. The predicted octanol–water partition coefficient (Wildman–Crippen LogP) is 2.83. The van der Waals surface area contributed by atoms with Crippen LogP contribution in [-0.2, 0) is 17.6 Å². The second-order valence-electron chi connectivity index (χ2n) is 6.61. The number of nitrogens with one attached hydrogen (secondary N) is 2. The number of hydrogen-bond acceptors (Lipinski definition) is 3. The largest absolute Gasteiger partial charge is 0.356 e. The van der Waals surface area contributed by atoms with Crippen molar-refractivity contribution in [2.45, 2.75) is 33.1 Å². The molecule has 5 nitrogen and oxygen atoms in total. The zero-order valence-corrected chi connectivity index (χ0v) is 15.1. The number of benzene rings is 2. The normalized spacial score (nSPS) is 10.8. The van der Waals surface area contributed by atoms with Gasteiger partial charge in [-0.3, -0.25) is 9.59 Å². The Labute approximate surface area is 152 Å². The lowest BCUT2D eigenvalue weighted by Crippen LogP contribution is -2.27. The topological polar surface area (TPSA) is 74.8 Å². The number of rotatable bonds is 6. The van der Waals surface area contributed by atoms with E-state index in [4.69, 9.17) is 0 Å². The zero-order chi connectivity index (χ0) is 18.5. The highest BCUT2D eigenvalue weighted by Gasteiger charge is 2.10. The molecule has 0 saturated heterocycles. The van der Waals surface area contributed by atoms with Crippen LogP contribution in [-0.4, -0.2) is 22.6 Å². The minimum absolute atomic E-state index is 0.0877. The lowest BCUT2D eigenvalue weighted by atomic mass is 10.0. The molecule has 2 N–H and O–H groups in total. The molecule has 0 bridgehead atoms. The van der Waals surface area contributed by atoms with Gasteiger partial charge in [0.15, 0.2) is 0 Å². The van der Waals surface area contributed by atoms with E-state index in [1.165, 1.54) is 16.7 Å². The summed E-state index contributed by atoms with van der Waals surface area (Å²) in [7, 11) is 0. The Balaban J connectivity index is 1.55. The van der Waals surface area contributed by atoms with Gasteiger partial charge >= 0.3 is 0 Å². The molecule has 0 atom stereocenters. The lowest BCUT2D eigenvalue weighted by molar-refractivity contribution is -0.120. The van der Waals surface area contributed by atoms with Crippen LogP contribution in [0.1, 0.15) is 28.8 Å². The van der Waals surface area contributed by atoms with Crippen LogP contribution in [0.25, 0.3) is 10.8 Å². The molecule has 2 aromatic carbocycles. The Hall–Kier alpha value is -2.95. The second-order valence-corrected chi connectivity index (χ2v) is 6.61. The molecule has 1 aromatic heterocycles. The summed E-state index contributed by atoms with van der Waals surface area (Å²) in [5, 5.41) is 10.7. The van der Waals surface area contributed by atoms with Gasteiger partial charge in [0.1, 0.15) is 0 Å². The zero-order valence-electron chi connectivity index (χ0n) is 15.1. The van der Waals surface area contributed by atoms with Crippen molar-refractivity contribution in [2.75, 3.05) is 6.54 Å². The Morgan fingerprint density at radius 2 is 1.88 bits per heavy atom. The van der Waals surface area contributed by atoms with E-state index >= 15 is 0 Å². The van der Waals surface area contributed by atoms with Crippen molar-refractivity contribution in [3.63, 3.8) is 0 Å². The van der Waals surface area contributed by atoms with Gasteiger partial charge in [-0.2, -0.15) is 5.10 Å². The highest BCUT2D eigenvalue weighted by atomic mass is 16.1. The fraction of sp³-hybridized carbons (Fsp3) is 0.286. The summed E-state index contributed by atoms with van der Waals surface area (Å²) >= 11 is 0. The monoisotopic (exact) mass is 349 g/mol. The molecule has 0 saturated carbocycles. The standard InChI is InChI=1S/C21H23N3O2/c1-14-9-10-16(15(2)12-14)6-5-11-22-20(25)13-19-17-7-3-4-8-18(17)21(26)24-23-19/h3-4,7-10,12H,5-6,11,13H2,1-2H3,(H,22,25)(H,24,26). The van der Waals surface area contributed by atoms with Gasteiger partial charge in [-0.05, 0) is 43.9 Å². The van der Waals surface area contributed by atoms with E-state index in [1.54, 1.807) is 12.1 Å². The van der Waals surface area contributed by atoms with E-state index in [-0.39, 0.29) is 17.9 Å². The van der Waals surface area contributed by atoms with Gasteiger partial charge in [-0.25, -0.2) is 5.10 Å². The first kappa shape index (κ1) is 17.9.